The summed E-state index contributed by atoms with van der Waals surface area (Å²) in [7, 11) is 0. The molecule has 0 radical (unpaired) electrons. The fraction of sp³-hybridized carbons (Fsp3) is 0.192. The molecule has 8 heteroatoms. The maximum atomic E-state index is 13.8. The summed E-state index contributed by atoms with van der Waals surface area (Å²) in [4.78, 5) is 27.3. The summed E-state index contributed by atoms with van der Waals surface area (Å²) in [6, 6.07) is 20.5. The van der Waals surface area contributed by atoms with Gasteiger partial charge in [0.15, 0.2) is 0 Å². The number of amides is 2. The van der Waals surface area contributed by atoms with Crippen molar-refractivity contribution in [1.82, 2.24) is 4.90 Å². The summed E-state index contributed by atoms with van der Waals surface area (Å²) in [6.45, 7) is 2.32. The fourth-order valence-electron chi connectivity index (χ4n) is 4.40. The number of ether oxygens (including phenoxy) is 1. The lowest BCUT2D eigenvalue weighted by molar-refractivity contribution is -0.129. The molecule has 3 aromatic carbocycles. The number of benzene rings is 3. The summed E-state index contributed by atoms with van der Waals surface area (Å²) in [6.07, 6.45) is -0.664. The van der Waals surface area contributed by atoms with Gasteiger partial charge in [-0.3, -0.25) is 9.80 Å². The number of imide groups is 1. The second-order valence-corrected chi connectivity index (χ2v) is 9.17. The van der Waals surface area contributed by atoms with E-state index in [4.69, 9.17) is 9.84 Å². The van der Waals surface area contributed by atoms with Crippen LogP contribution < -0.4 is 5.01 Å². The van der Waals surface area contributed by atoms with Gasteiger partial charge < -0.3 is 4.74 Å². The molecule has 34 heavy (non-hydrogen) atoms. The van der Waals surface area contributed by atoms with Gasteiger partial charge in [-0.05, 0) is 54.4 Å². The first-order valence-corrected chi connectivity index (χ1v) is 11.7. The Labute approximate surface area is 204 Å². The number of halogens is 2. The molecule has 5 rings (SSSR count). The molecule has 0 saturated carbocycles. The molecule has 2 aliphatic rings. The lowest BCUT2D eigenvalue weighted by Gasteiger charge is -2.29. The molecule has 2 heterocycles. The summed E-state index contributed by atoms with van der Waals surface area (Å²) in [5, 5.41) is 6.58. The highest BCUT2D eigenvalue weighted by molar-refractivity contribution is 9.10. The predicted molar refractivity (Wildman–Crippen MR) is 130 cm³/mol. The third-order valence-corrected chi connectivity index (χ3v) is 6.53. The van der Waals surface area contributed by atoms with E-state index in [9.17, 15) is 14.0 Å². The summed E-state index contributed by atoms with van der Waals surface area (Å²) in [5.41, 5.74) is 4.00. The highest BCUT2D eigenvalue weighted by atomic mass is 79.9. The van der Waals surface area contributed by atoms with E-state index < -0.39 is 24.0 Å². The van der Waals surface area contributed by atoms with Gasteiger partial charge in [0.2, 0.25) is 0 Å². The Hall–Kier alpha value is -3.52. The van der Waals surface area contributed by atoms with E-state index in [-0.39, 0.29) is 19.0 Å². The van der Waals surface area contributed by atoms with Crippen LogP contribution >= 0.6 is 15.9 Å². The minimum absolute atomic E-state index is 0.155. The number of nitrogens with zero attached hydrogens (tertiary/aromatic N) is 3. The summed E-state index contributed by atoms with van der Waals surface area (Å²) in [5.74, 6) is -1.32. The highest BCUT2D eigenvalue weighted by Crippen LogP contribution is 2.39. The van der Waals surface area contributed by atoms with Crippen molar-refractivity contribution in [2.24, 2.45) is 5.10 Å². The van der Waals surface area contributed by atoms with Crippen LogP contribution in [-0.4, -0.2) is 41.8 Å². The monoisotopic (exact) mass is 521 g/mol. The van der Waals surface area contributed by atoms with Gasteiger partial charge in [0.1, 0.15) is 18.5 Å². The first-order valence-electron chi connectivity index (χ1n) is 10.9. The Kier molecular flexibility index (Phi) is 5.91. The molecule has 0 spiro atoms. The average molecular weight is 522 g/mol. The van der Waals surface area contributed by atoms with Gasteiger partial charge in [-0.1, -0.05) is 57.9 Å². The van der Waals surface area contributed by atoms with Crippen molar-refractivity contribution in [3.05, 3.63) is 99.8 Å². The van der Waals surface area contributed by atoms with Crippen molar-refractivity contribution in [3.63, 3.8) is 0 Å². The maximum Gasteiger partial charge on any atom is 0.416 e. The van der Waals surface area contributed by atoms with Gasteiger partial charge >= 0.3 is 6.09 Å². The van der Waals surface area contributed by atoms with Gasteiger partial charge in [-0.2, -0.15) is 5.10 Å². The van der Waals surface area contributed by atoms with Crippen molar-refractivity contribution in [1.29, 1.82) is 0 Å². The molecule has 0 aliphatic carbocycles. The molecule has 2 atom stereocenters. The molecule has 2 amide bonds. The number of cyclic esters (lactones) is 1. The Morgan fingerprint density at radius 2 is 1.82 bits per heavy atom. The van der Waals surface area contributed by atoms with Crippen molar-refractivity contribution in [2.45, 2.75) is 18.9 Å². The van der Waals surface area contributed by atoms with E-state index in [1.165, 1.54) is 12.1 Å². The average Bonchev–Trinajstić information content (AvgIpc) is 3.44. The van der Waals surface area contributed by atoms with Crippen LogP contribution in [0.25, 0.3) is 0 Å². The van der Waals surface area contributed by atoms with Gasteiger partial charge in [0.25, 0.3) is 5.91 Å². The molecule has 6 nitrogen and oxygen atoms in total. The topological polar surface area (TPSA) is 62.2 Å². The molecule has 0 bridgehead atoms. The maximum absolute atomic E-state index is 13.8. The zero-order valence-corrected chi connectivity index (χ0v) is 19.9. The molecule has 0 aromatic heterocycles. The molecule has 2 aliphatic heterocycles. The lowest BCUT2D eigenvalue weighted by Crippen LogP contribution is -2.48. The van der Waals surface area contributed by atoms with Crippen LogP contribution in [0.2, 0.25) is 0 Å². The van der Waals surface area contributed by atoms with E-state index in [1.54, 1.807) is 17.1 Å². The summed E-state index contributed by atoms with van der Waals surface area (Å²) >= 11 is 3.45. The number of aryl methyl sites for hydroxylation is 1. The molecular weight excluding hydrogens is 501 g/mol. The van der Waals surface area contributed by atoms with Gasteiger partial charge in [0, 0.05) is 4.47 Å². The number of carbonyl (C=O) groups excluding carboxylic acids is 2. The van der Waals surface area contributed by atoms with Crippen LogP contribution in [0.15, 0.2) is 82.4 Å². The number of carbonyl (C=O) groups is 2. The van der Waals surface area contributed by atoms with Crippen LogP contribution in [0.4, 0.5) is 14.9 Å². The minimum Gasteiger partial charge on any atom is -0.447 e. The molecule has 1 fully saturated rings. The van der Waals surface area contributed by atoms with Crippen LogP contribution in [-0.2, 0) is 9.53 Å². The number of hydrogen-bond acceptors (Lipinski definition) is 5. The van der Waals surface area contributed by atoms with Crippen LogP contribution in [0.3, 0.4) is 0 Å². The van der Waals surface area contributed by atoms with E-state index >= 15 is 0 Å². The van der Waals surface area contributed by atoms with Crippen LogP contribution in [0, 0.1) is 12.7 Å². The third-order valence-electron chi connectivity index (χ3n) is 6.00. The normalized spacial score (nSPS) is 19.9. The second kappa shape index (κ2) is 9.02. The van der Waals surface area contributed by atoms with E-state index in [0.717, 1.165) is 26.1 Å². The Balaban J connectivity index is 1.69. The van der Waals surface area contributed by atoms with Crippen molar-refractivity contribution in [2.75, 3.05) is 18.2 Å². The van der Waals surface area contributed by atoms with Crippen LogP contribution in [0.5, 0.6) is 0 Å². The first kappa shape index (κ1) is 22.3. The zero-order chi connectivity index (χ0) is 23.8. The largest absolute Gasteiger partial charge is 0.447 e. The highest BCUT2D eigenvalue weighted by Gasteiger charge is 2.48. The standard InChI is InChI=1S/C26H21BrFN3O3/c1-16-3-2-4-18(15-16)23-22(17-5-9-20(28)10-6-17)24(25(32)30-13-14-34-26(30)33)31(29-23)21-11-7-19(27)8-12-21/h2-12,15,22,24H,13-14H2,1H3/t22-,24+/m1/s1. The number of hydrogen-bond donors (Lipinski definition) is 0. The van der Waals surface area contributed by atoms with Crippen molar-refractivity contribution < 1.29 is 18.7 Å². The van der Waals surface area contributed by atoms with E-state index in [0.29, 0.717) is 11.4 Å². The van der Waals surface area contributed by atoms with Crippen molar-refractivity contribution >= 4 is 39.3 Å². The van der Waals surface area contributed by atoms with Gasteiger partial charge in [-0.25, -0.2) is 14.1 Å². The predicted octanol–water partition coefficient (Wildman–Crippen LogP) is 5.25. The van der Waals surface area contributed by atoms with Crippen molar-refractivity contribution in [3.8, 4) is 0 Å². The molecule has 1 saturated heterocycles. The van der Waals surface area contributed by atoms with E-state index in [1.807, 2.05) is 55.5 Å². The molecule has 172 valence electrons. The lowest BCUT2D eigenvalue weighted by atomic mass is 9.84. The number of anilines is 1. The minimum atomic E-state index is -0.854. The van der Waals surface area contributed by atoms with E-state index in [2.05, 4.69) is 15.9 Å². The Bertz CT molecular complexity index is 1280. The second-order valence-electron chi connectivity index (χ2n) is 8.25. The van der Waals surface area contributed by atoms with Gasteiger partial charge in [-0.15, -0.1) is 0 Å². The van der Waals surface area contributed by atoms with Gasteiger partial charge in [0.05, 0.1) is 23.9 Å². The molecule has 3 aromatic rings. The Morgan fingerprint density at radius 1 is 1.09 bits per heavy atom. The fourth-order valence-corrected chi connectivity index (χ4v) is 4.66. The smallest absolute Gasteiger partial charge is 0.416 e. The zero-order valence-electron chi connectivity index (χ0n) is 18.3. The quantitative estimate of drug-likeness (QED) is 0.470. The third kappa shape index (κ3) is 4.09. The Morgan fingerprint density at radius 3 is 2.47 bits per heavy atom. The number of rotatable bonds is 4. The molecular formula is C26H21BrFN3O3. The summed E-state index contributed by atoms with van der Waals surface area (Å²) < 4.78 is 19.7. The van der Waals surface area contributed by atoms with Crippen LogP contribution in [0.1, 0.15) is 22.6 Å². The number of hydrazone groups is 1. The SMILES string of the molecule is Cc1cccc(C2=NN(c3ccc(Br)cc3)[C@H](C(=O)N3CCOC3=O)[C@@H]2c2ccc(F)cc2)c1. The molecule has 0 N–H and O–H groups in total. The molecule has 0 unspecified atom stereocenters. The first-order chi connectivity index (χ1) is 16.4.